The molecule has 1 rings (SSSR count). The Bertz CT molecular complexity index is 213. The second-order valence-electron chi connectivity index (χ2n) is 4.82. The van der Waals surface area contributed by atoms with Gasteiger partial charge in [-0.25, -0.2) is 0 Å². The lowest BCUT2D eigenvalue weighted by Crippen LogP contribution is -2.49. The summed E-state index contributed by atoms with van der Waals surface area (Å²) in [6.07, 6.45) is 8.65. The molecule has 0 aromatic heterocycles. The summed E-state index contributed by atoms with van der Waals surface area (Å²) in [5.41, 5.74) is 1.28. The van der Waals surface area contributed by atoms with E-state index in [0.717, 1.165) is 11.0 Å². The summed E-state index contributed by atoms with van der Waals surface area (Å²) in [4.78, 5) is 0. The van der Waals surface area contributed by atoms with Gasteiger partial charge < -0.3 is 4.48 Å². The van der Waals surface area contributed by atoms with Crippen LogP contribution in [0.3, 0.4) is 0 Å². The van der Waals surface area contributed by atoms with Crippen LogP contribution in [0.25, 0.3) is 0 Å². The molecule has 1 atom stereocenters. The summed E-state index contributed by atoms with van der Waals surface area (Å²) in [5.74, 6) is 0. The van der Waals surface area contributed by atoms with Crippen LogP contribution in [-0.4, -0.2) is 31.2 Å². The van der Waals surface area contributed by atoms with E-state index in [1.165, 1.54) is 24.8 Å². The van der Waals surface area contributed by atoms with Crippen LogP contribution >= 0.6 is 0 Å². The summed E-state index contributed by atoms with van der Waals surface area (Å²) >= 11 is 0. The lowest BCUT2D eigenvalue weighted by Gasteiger charge is -2.38. The van der Waals surface area contributed by atoms with Gasteiger partial charge in [0, 0.05) is 6.42 Å². The first-order chi connectivity index (χ1) is 6.02. The van der Waals surface area contributed by atoms with E-state index in [2.05, 4.69) is 39.8 Å². The van der Waals surface area contributed by atoms with Crippen molar-refractivity contribution in [3.63, 3.8) is 0 Å². The third kappa shape index (κ3) is 3.00. The van der Waals surface area contributed by atoms with E-state index in [1.807, 2.05) is 0 Å². The molecule has 0 saturated heterocycles. The molecule has 1 nitrogen and oxygen atoms in total. The molecule has 0 N–H and O–H groups in total. The van der Waals surface area contributed by atoms with Gasteiger partial charge in [0.1, 0.15) is 6.04 Å². The lowest BCUT2D eigenvalue weighted by atomic mass is 9.99. The highest BCUT2D eigenvalue weighted by molar-refractivity contribution is 4.96. The summed E-state index contributed by atoms with van der Waals surface area (Å²) < 4.78 is 1.06. The van der Waals surface area contributed by atoms with E-state index in [0.29, 0.717) is 6.04 Å². The molecule has 74 valence electrons. The SMILES string of the molecule is C=C(C)C[N+](C)(C)[C@H]1C=CCCC1. The zero-order valence-corrected chi connectivity index (χ0v) is 9.21. The van der Waals surface area contributed by atoms with Crippen LogP contribution in [0.2, 0.25) is 0 Å². The van der Waals surface area contributed by atoms with Crippen molar-refractivity contribution in [3.05, 3.63) is 24.3 Å². The summed E-state index contributed by atoms with van der Waals surface area (Å²) in [6.45, 7) is 7.21. The van der Waals surface area contributed by atoms with Crippen LogP contribution in [0, 0.1) is 0 Å². The molecule has 0 bridgehead atoms. The molecular weight excluding hydrogens is 158 g/mol. The van der Waals surface area contributed by atoms with Crippen molar-refractivity contribution in [2.24, 2.45) is 0 Å². The molecule has 0 spiro atoms. The van der Waals surface area contributed by atoms with Crippen molar-refractivity contribution >= 4 is 0 Å². The maximum atomic E-state index is 4.00. The molecule has 1 aliphatic rings. The Balaban J connectivity index is 2.61. The first-order valence-electron chi connectivity index (χ1n) is 5.16. The molecule has 0 heterocycles. The monoisotopic (exact) mass is 180 g/mol. The molecule has 0 aromatic rings. The third-order valence-corrected chi connectivity index (χ3v) is 2.80. The van der Waals surface area contributed by atoms with Gasteiger partial charge in [0.25, 0.3) is 0 Å². The van der Waals surface area contributed by atoms with E-state index in [-0.39, 0.29) is 0 Å². The summed E-state index contributed by atoms with van der Waals surface area (Å²) in [5, 5.41) is 0. The predicted octanol–water partition coefficient (Wildman–Crippen LogP) is 2.75. The van der Waals surface area contributed by atoms with Gasteiger partial charge in [-0.1, -0.05) is 12.7 Å². The Kier molecular flexibility index (Phi) is 3.32. The number of likely N-dealkylation sites (N-methyl/N-ethyl adjacent to an activating group) is 1. The van der Waals surface area contributed by atoms with E-state index in [1.54, 1.807) is 0 Å². The zero-order valence-electron chi connectivity index (χ0n) is 9.21. The molecule has 0 unspecified atom stereocenters. The number of allylic oxidation sites excluding steroid dienone is 1. The predicted molar refractivity (Wildman–Crippen MR) is 58.6 cm³/mol. The smallest absolute Gasteiger partial charge is 0.107 e. The standard InChI is InChI=1S/C12H22N/c1-11(2)10-13(3,4)12-8-6-5-7-9-12/h6,8,12H,1,5,7,9-10H2,2-4H3/q+1/t12-/m0/s1. The third-order valence-electron chi connectivity index (χ3n) is 2.80. The average Bonchev–Trinajstić information content (AvgIpc) is 2.04. The van der Waals surface area contributed by atoms with Crippen LogP contribution in [0.15, 0.2) is 24.3 Å². The van der Waals surface area contributed by atoms with Gasteiger partial charge >= 0.3 is 0 Å². The first-order valence-corrected chi connectivity index (χ1v) is 5.16. The Hall–Kier alpha value is -0.560. The van der Waals surface area contributed by atoms with Crippen LogP contribution < -0.4 is 0 Å². The van der Waals surface area contributed by atoms with E-state index < -0.39 is 0 Å². The van der Waals surface area contributed by atoms with Crippen molar-refractivity contribution in [3.8, 4) is 0 Å². The topological polar surface area (TPSA) is 0 Å². The number of rotatable bonds is 3. The minimum absolute atomic E-state index is 0.699. The zero-order chi connectivity index (χ0) is 9.90. The van der Waals surface area contributed by atoms with Crippen LogP contribution in [0.1, 0.15) is 26.2 Å². The Labute approximate surface area is 82.3 Å². The fourth-order valence-electron chi connectivity index (χ4n) is 2.19. The van der Waals surface area contributed by atoms with Crippen molar-refractivity contribution in [1.29, 1.82) is 0 Å². The molecule has 0 amide bonds. The molecule has 1 heteroatoms. The van der Waals surface area contributed by atoms with Gasteiger partial charge in [0.2, 0.25) is 0 Å². The minimum Gasteiger partial charge on any atom is -0.319 e. The lowest BCUT2D eigenvalue weighted by molar-refractivity contribution is -0.904. The van der Waals surface area contributed by atoms with Crippen LogP contribution in [0.5, 0.6) is 0 Å². The molecule has 1 aliphatic carbocycles. The Morgan fingerprint density at radius 2 is 2.23 bits per heavy atom. The Morgan fingerprint density at radius 1 is 1.54 bits per heavy atom. The van der Waals surface area contributed by atoms with E-state index in [9.17, 15) is 0 Å². The van der Waals surface area contributed by atoms with Gasteiger partial charge in [-0.2, -0.15) is 0 Å². The van der Waals surface area contributed by atoms with Crippen molar-refractivity contribution in [2.75, 3.05) is 20.6 Å². The number of quaternary nitrogens is 1. The average molecular weight is 180 g/mol. The van der Waals surface area contributed by atoms with Crippen LogP contribution in [0.4, 0.5) is 0 Å². The minimum atomic E-state index is 0.699. The number of hydrogen-bond donors (Lipinski definition) is 0. The van der Waals surface area contributed by atoms with Crippen molar-refractivity contribution in [1.82, 2.24) is 0 Å². The highest BCUT2D eigenvalue weighted by Crippen LogP contribution is 2.21. The largest absolute Gasteiger partial charge is 0.319 e. The highest BCUT2D eigenvalue weighted by atomic mass is 15.3. The van der Waals surface area contributed by atoms with Crippen LogP contribution in [-0.2, 0) is 0 Å². The van der Waals surface area contributed by atoms with E-state index >= 15 is 0 Å². The highest BCUT2D eigenvalue weighted by Gasteiger charge is 2.26. The number of hydrogen-bond acceptors (Lipinski definition) is 0. The summed E-state index contributed by atoms with van der Waals surface area (Å²) in [6, 6.07) is 0.699. The fourth-order valence-corrected chi connectivity index (χ4v) is 2.19. The van der Waals surface area contributed by atoms with Gasteiger partial charge in [0.05, 0.1) is 20.6 Å². The molecule has 0 saturated carbocycles. The molecule has 0 fully saturated rings. The molecule has 0 aliphatic heterocycles. The molecular formula is C12H22N+. The number of nitrogens with zero attached hydrogens (tertiary/aromatic N) is 1. The maximum absolute atomic E-state index is 4.00. The fraction of sp³-hybridized carbons (Fsp3) is 0.667. The summed E-state index contributed by atoms with van der Waals surface area (Å²) in [7, 11) is 4.60. The Morgan fingerprint density at radius 3 is 2.69 bits per heavy atom. The molecule has 13 heavy (non-hydrogen) atoms. The van der Waals surface area contributed by atoms with Gasteiger partial charge in [-0.05, 0) is 31.4 Å². The van der Waals surface area contributed by atoms with E-state index in [4.69, 9.17) is 0 Å². The van der Waals surface area contributed by atoms with Gasteiger partial charge in [0.15, 0.2) is 0 Å². The maximum Gasteiger partial charge on any atom is 0.107 e. The van der Waals surface area contributed by atoms with Gasteiger partial charge in [-0.15, -0.1) is 0 Å². The van der Waals surface area contributed by atoms with Crippen molar-refractivity contribution < 1.29 is 4.48 Å². The molecule has 0 aromatic carbocycles. The molecule has 0 radical (unpaired) electrons. The second-order valence-corrected chi connectivity index (χ2v) is 4.82. The van der Waals surface area contributed by atoms with Gasteiger partial charge in [-0.3, -0.25) is 0 Å². The quantitative estimate of drug-likeness (QED) is 0.463. The van der Waals surface area contributed by atoms with Crippen molar-refractivity contribution in [2.45, 2.75) is 32.2 Å². The normalized spacial score (nSPS) is 23.2. The first kappa shape index (κ1) is 10.5. The second kappa shape index (κ2) is 4.10.